The van der Waals surface area contributed by atoms with Crippen LogP contribution in [0.1, 0.15) is 97.8 Å². The Kier molecular flexibility index (Phi) is 15.6. The summed E-state index contributed by atoms with van der Waals surface area (Å²) < 4.78 is 24.3. The van der Waals surface area contributed by atoms with Crippen LogP contribution in [0.2, 0.25) is 0 Å². The number of nitrogens with zero attached hydrogens (tertiary/aromatic N) is 2. The van der Waals surface area contributed by atoms with Crippen LogP contribution < -0.4 is 10.7 Å². The number of hydrogen-bond acceptors (Lipinski definition) is 12. The van der Waals surface area contributed by atoms with Crippen molar-refractivity contribution in [1.29, 1.82) is 0 Å². The summed E-state index contributed by atoms with van der Waals surface area (Å²) in [5.41, 5.74) is 7.74. The highest BCUT2D eigenvalue weighted by Crippen LogP contribution is 2.49. The van der Waals surface area contributed by atoms with E-state index < -0.39 is 48.0 Å². The van der Waals surface area contributed by atoms with Gasteiger partial charge in [0.05, 0.1) is 42.5 Å². The molecule has 0 fully saturated rings. The van der Waals surface area contributed by atoms with Crippen LogP contribution in [0.5, 0.6) is 0 Å². The molecule has 1 aliphatic carbocycles. The number of aromatic nitrogens is 1. The average Bonchev–Trinajstić information content (AvgIpc) is 3.91. The molecule has 0 aromatic carbocycles. The van der Waals surface area contributed by atoms with Gasteiger partial charge in [-0.2, -0.15) is 0 Å². The smallest absolute Gasteiger partial charge is 0.303 e. The number of aliphatic imine (C=N–C) groups is 2. The minimum atomic E-state index is -1.15. The van der Waals surface area contributed by atoms with E-state index in [1.807, 2.05) is 13.8 Å². The second-order valence-corrected chi connectivity index (χ2v) is 17.9. The number of carbonyl (C=O) groups excluding carboxylic acids is 4. The third kappa shape index (κ3) is 10.2. The summed E-state index contributed by atoms with van der Waals surface area (Å²) in [6.45, 7) is 11.5. The molecular formula is C43H43Br4N3O12. The molecule has 0 saturated carbocycles. The van der Waals surface area contributed by atoms with Crippen LogP contribution in [0, 0.1) is 6.92 Å². The average molecular weight is 1110 g/mol. The maximum Gasteiger partial charge on any atom is 0.303 e. The number of rotatable bonds is 14. The SMILES string of the molecule is CC(=O)OCC(OC(C)=O)C1=C(C)C2=C(Br)C3=NC(=C(Br)C4=C(CCC(=O)O)C(C)=C(C4)C(Br)=c4[nH]c(c(C)c4C(COC(C)=O)OC(C)=O)=C(Br)C1=N2)C(CCC(=O)O)=C3C. The number of esters is 4. The number of aromatic amines is 1. The van der Waals surface area contributed by atoms with Gasteiger partial charge in [-0.15, -0.1) is 0 Å². The van der Waals surface area contributed by atoms with E-state index in [1.165, 1.54) is 27.7 Å². The number of aliphatic carboxylic acids is 2. The Balaban J connectivity index is 2.02. The molecular weight excluding hydrogens is 1070 g/mol. The first kappa shape index (κ1) is 48.6. The summed E-state index contributed by atoms with van der Waals surface area (Å²) in [4.78, 5) is 87.3. The molecule has 2 atom stereocenters. The lowest BCUT2D eigenvalue weighted by atomic mass is 9.96. The van der Waals surface area contributed by atoms with E-state index in [4.69, 9.17) is 28.9 Å². The summed E-state index contributed by atoms with van der Waals surface area (Å²) in [5.74, 6) is -4.52. The van der Waals surface area contributed by atoms with Gasteiger partial charge in [0.2, 0.25) is 0 Å². The molecule has 0 spiro atoms. The molecule has 8 bridgehead atoms. The van der Waals surface area contributed by atoms with Gasteiger partial charge in [-0.25, -0.2) is 9.98 Å². The molecule has 3 aliphatic heterocycles. The van der Waals surface area contributed by atoms with E-state index in [0.717, 1.165) is 22.3 Å². The quantitative estimate of drug-likeness (QED) is 0.122. The topological polar surface area (TPSA) is 220 Å². The highest BCUT2D eigenvalue weighted by atomic mass is 79.9. The molecule has 19 heteroatoms. The number of carboxylic acid groups (broad SMARTS) is 2. The first-order chi connectivity index (χ1) is 29.0. The Morgan fingerprint density at radius 2 is 1.15 bits per heavy atom. The zero-order valence-corrected chi connectivity index (χ0v) is 41.3. The van der Waals surface area contributed by atoms with Crippen LogP contribution in [0.25, 0.3) is 8.96 Å². The number of allylic oxidation sites excluding steroid dienone is 9. The molecule has 330 valence electrons. The molecule has 15 nitrogen and oxygen atoms in total. The number of halogens is 4. The summed E-state index contributed by atoms with van der Waals surface area (Å²) >= 11 is 15.3. The highest BCUT2D eigenvalue weighted by Gasteiger charge is 2.38. The summed E-state index contributed by atoms with van der Waals surface area (Å²) in [6, 6.07) is 0. The van der Waals surface area contributed by atoms with Crippen LogP contribution in [-0.2, 0) is 47.7 Å². The predicted octanol–water partition coefficient (Wildman–Crippen LogP) is 7.51. The number of fused-ring (bicyclic) bond motifs is 6. The van der Waals surface area contributed by atoms with E-state index in [0.29, 0.717) is 79.2 Å². The van der Waals surface area contributed by atoms with Gasteiger partial charge in [0.1, 0.15) is 13.2 Å². The molecule has 62 heavy (non-hydrogen) atoms. The Morgan fingerprint density at radius 3 is 1.69 bits per heavy atom. The summed E-state index contributed by atoms with van der Waals surface area (Å²) in [5, 5.41) is 20.5. The van der Waals surface area contributed by atoms with Gasteiger partial charge in [0, 0.05) is 67.1 Å². The lowest BCUT2D eigenvalue weighted by Crippen LogP contribution is -2.30. The third-order valence-corrected chi connectivity index (χ3v) is 13.8. The van der Waals surface area contributed by atoms with Gasteiger partial charge in [-0.1, -0.05) is 0 Å². The molecule has 2 unspecified atom stereocenters. The first-order valence-electron chi connectivity index (χ1n) is 19.2. The second kappa shape index (κ2) is 19.9. The molecule has 5 rings (SSSR count). The van der Waals surface area contributed by atoms with Crippen molar-refractivity contribution in [3.63, 3.8) is 0 Å². The number of carboxylic acids is 2. The van der Waals surface area contributed by atoms with Crippen molar-refractivity contribution in [1.82, 2.24) is 4.98 Å². The van der Waals surface area contributed by atoms with Crippen LogP contribution in [-0.4, -0.2) is 81.8 Å². The van der Waals surface area contributed by atoms with Crippen molar-refractivity contribution in [3.8, 4) is 0 Å². The van der Waals surface area contributed by atoms with Gasteiger partial charge in [0.25, 0.3) is 0 Å². The van der Waals surface area contributed by atoms with Crippen LogP contribution >= 0.6 is 63.7 Å². The van der Waals surface area contributed by atoms with Gasteiger partial charge >= 0.3 is 35.8 Å². The van der Waals surface area contributed by atoms with E-state index in [1.54, 1.807) is 13.8 Å². The largest absolute Gasteiger partial charge is 0.481 e. The molecule has 3 N–H and O–H groups in total. The monoisotopic (exact) mass is 1110 g/mol. The number of nitrogens with one attached hydrogen (secondary N) is 1. The van der Waals surface area contributed by atoms with Gasteiger partial charge in [-0.05, 0) is 149 Å². The highest BCUT2D eigenvalue weighted by molar-refractivity contribution is 9.15. The fourth-order valence-corrected chi connectivity index (χ4v) is 10.7. The number of hydrogen-bond donors (Lipinski definition) is 3. The Bertz CT molecular complexity index is 2620. The van der Waals surface area contributed by atoms with Crippen LogP contribution in [0.15, 0.2) is 74.9 Å². The van der Waals surface area contributed by atoms with Crippen molar-refractivity contribution >= 4 is 120 Å². The molecule has 0 amide bonds. The van der Waals surface area contributed by atoms with E-state index in [9.17, 15) is 39.0 Å². The Labute approximate surface area is 390 Å². The van der Waals surface area contributed by atoms with Gasteiger partial charge in [-0.3, -0.25) is 28.8 Å². The lowest BCUT2D eigenvalue weighted by Gasteiger charge is -2.20. The molecule has 0 radical (unpaired) electrons. The minimum Gasteiger partial charge on any atom is -0.481 e. The van der Waals surface area contributed by atoms with Gasteiger partial charge in [0.15, 0.2) is 12.2 Å². The zero-order chi connectivity index (χ0) is 46.1. The van der Waals surface area contributed by atoms with Crippen LogP contribution in [0.3, 0.4) is 0 Å². The van der Waals surface area contributed by atoms with Crippen molar-refractivity contribution in [3.05, 3.63) is 86.8 Å². The van der Waals surface area contributed by atoms with Crippen molar-refractivity contribution < 1.29 is 57.9 Å². The Hall–Kier alpha value is -4.46. The third-order valence-electron chi connectivity index (χ3n) is 10.6. The maximum absolute atomic E-state index is 12.7. The zero-order valence-electron chi connectivity index (χ0n) is 35.0. The molecule has 1 aromatic heterocycles. The molecule has 4 heterocycles. The normalized spacial score (nSPS) is 17.5. The fraction of sp³-hybridized carbons (Fsp3) is 0.395. The number of carbonyl (C=O) groups is 6. The number of ether oxygens (including phenoxy) is 4. The van der Waals surface area contributed by atoms with Crippen molar-refractivity contribution in [2.45, 2.75) is 99.7 Å². The molecule has 0 saturated heterocycles. The first-order valence-corrected chi connectivity index (χ1v) is 22.4. The summed E-state index contributed by atoms with van der Waals surface area (Å²) in [6.07, 6.45) is -2.13. The predicted molar refractivity (Wildman–Crippen MR) is 243 cm³/mol. The number of H-pyrrole nitrogens is 1. The summed E-state index contributed by atoms with van der Waals surface area (Å²) in [7, 11) is 0. The van der Waals surface area contributed by atoms with Gasteiger partial charge < -0.3 is 34.1 Å². The van der Waals surface area contributed by atoms with E-state index in [2.05, 4.69) is 68.7 Å². The maximum atomic E-state index is 12.7. The second-order valence-electron chi connectivity index (χ2n) is 14.8. The van der Waals surface area contributed by atoms with E-state index >= 15 is 0 Å². The van der Waals surface area contributed by atoms with E-state index in [-0.39, 0.29) is 51.0 Å². The molecule has 4 aliphatic rings. The fourth-order valence-electron chi connectivity index (χ4n) is 7.77. The van der Waals surface area contributed by atoms with Crippen molar-refractivity contribution in [2.24, 2.45) is 9.98 Å². The van der Waals surface area contributed by atoms with Crippen LogP contribution in [0.4, 0.5) is 0 Å². The lowest BCUT2D eigenvalue weighted by molar-refractivity contribution is -0.156. The standard InChI is InChI=1S/C43H43Br4N3O12/c1-16-24(9-11-30(55)56)27-13-26(16)34(44)42-32(28(61-22(7)53)14-59-20(5)51)18(3)40(49-42)37(47)43-33(29(62-23(8)54)15-60-21(6)52)19(4)39(50-43)36(46)38-17(2)25(10-12-31(57)58)41(48-38)35(27)45/h28-29,49H,9-15H2,1-8H3,(H,55,56)(H,57,58). The Morgan fingerprint density at radius 1 is 0.613 bits per heavy atom. The minimum absolute atomic E-state index is 0.110. The molecule has 1 aromatic rings. The van der Waals surface area contributed by atoms with Crippen molar-refractivity contribution in [2.75, 3.05) is 13.2 Å².